The van der Waals surface area contributed by atoms with E-state index in [0.29, 0.717) is 5.92 Å². The van der Waals surface area contributed by atoms with Crippen molar-refractivity contribution in [3.8, 4) is 0 Å². The number of aliphatic hydroxyl groups is 1. The van der Waals surface area contributed by atoms with Gasteiger partial charge in [-0.2, -0.15) is 0 Å². The Morgan fingerprint density at radius 2 is 1.85 bits per heavy atom. The van der Waals surface area contributed by atoms with Crippen LogP contribution in [0, 0.1) is 5.92 Å². The average molecular weight is 183 g/mol. The molecule has 1 saturated carbocycles. The molecule has 0 aromatic carbocycles. The third kappa shape index (κ3) is 2.90. The summed E-state index contributed by atoms with van der Waals surface area (Å²) in [6.45, 7) is 3.71. The smallest absolute Gasteiger partial charge is 0.0619 e. The molecule has 0 spiro atoms. The minimum atomic E-state index is -0.582. The lowest BCUT2D eigenvalue weighted by molar-refractivity contribution is -0.00115. The molecule has 1 N–H and O–H groups in total. The van der Waals surface area contributed by atoms with Gasteiger partial charge in [0, 0.05) is 11.0 Å². The highest BCUT2D eigenvalue weighted by Crippen LogP contribution is 2.33. The maximum absolute atomic E-state index is 9.76. The quantitative estimate of drug-likeness (QED) is 0.399. The van der Waals surface area contributed by atoms with Crippen LogP contribution in [0.2, 0.25) is 0 Å². The van der Waals surface area contributed by atoms with Crippen molar-refractivity contribution in [1.29, 1.82) is 0 Å². The van der Waals surface area contributed by atoms with Gasteiger partial charge in [0.25, 0.3) is 0 Å². The number of hydrogen-bond acceptors (Lipinski definition) is 2. The van der Waals surface area contributed by atoms with Crippen molar-refractivity contribution >= 4 is 0 Å². The van der Waals surface area contributed by atoms with Crippen molar-refractivity contribution in [2.24, 2.45) is 11.0 Å². The Hall–Kier alpha value is -0.730. The summed E-state index contributed by atoms with van der Waals surface area (Å²) in [7, 11) is 0. The maximum Gasteiger partial charge on any atom is 0.0619 e. The molecular weight excluding hydrogens is 166 g/mol. The second-order valence-electron chi connectivity index (χ2n) is 4.36. The van der Waals surface area contributed by atoms with Crippen LogP contribution in [0.1, 0.15) is 39.5 Å². The van der Waals surface area contributed by atoms with Crippen molar-refractivity contribution in [3.63, 3.8) is 0 Å². The second kappa shape index (κ2) is 3.99. The van der Waals surface area contributed by atoms with Gasteiger partial charge in [0.2, 0.25) is 0 Å². The van der Waals surface area contributed by atoms with Crippen molar-refractivity contribution in [1.82, 2.24) is 0 Å². The Bertz CT molecular complexity index is 207. The Balaban J connectivity index is 2.43. The number of hydrogen-bond donors (Lipinski definition) is 1. The van der Waals surface area contributed by atoms with E-state index in [0.717, 1.165) is 25.7 Å². The van der Waals surface area contributed by atoms with Crippen LogP contribution in [0.4, 0.5) is 0 Å². The first-order valence-electron chi connectivity index (χ1n) is 4.80. The largest absolute Gasteiger partial charge is 0.390 e. The molecule has 0 atom stereocenters. The molecular formula is C9H17N3O. The first kappa shape index (κ1) is 10.4. The molecule has 1 rings (SSSR count). The lowest BCUT2D eigenvalue weighted by atomic mass is 9.77. The predicted molar refractivity (Wildman–Crippen MR) is 51.2 cm³/mol. The van der Waals surface area contributed by atoms with E-state index in [1.807, 2.05) is 13.8 Å². The third-order valence-electron chi connectivity index (χ3n) is 2.91. The van der Waals surface area contributed by atoms with Crippen molar-refractivity contribution in [2.75, 3.05) is 0 Å². The molecule has 0 radical (unpaired) electrons. The number of rotatable bonds is 2. The van der Waals surface area contributed by atoms with Crippen LogP contribution < -0.4 is 0 Å². The zero-order chi connectivity index (χ0) is 9.90. The van der Waals surface area contributed by atoms with Crippen LogP contribution in [-0.2, 0) is 0 Å². The molecule has 4 heteroatoms. The third-order valence-corrected chi connectivity index (χ3v) is 2.91. The monoisotopic (exact) mass is 183 g/mol. The average Bonchev–Trinajstić information content (AvgIpc) is 2.04. The molecule has 0 unspecified atom stereocenters. The molecule has 0 bridgehead atoms. The fourth-order valence-electron chi connectivity index (χ4n) is 1.97. The minimum Gasteiger partial charge on any atom is -0.390 e. The van der Waals surface area contributed by atoms with E-state index < -0.39 is 5.60 Å². The summed E-state index contributed by atoms with van der Waals surface area (Å²) in [6, 6.07) is 0.156. The highest BCUT2D eigenvalue weighted by Gasteiger charge is 2.30. The van der Waals surface area contributed by atoms with Gasteiger partial charge in [-0.05, 0) is 51.0 Å². The summed E-state index contributed by atoms with van der Waals surface area (Å²) in [5.74, 6) is 0.359. The Morgan fingerprint density at radius 1 is 1.31 bits per heavy atom. The van der Waals surface area contributed by atoms with E-state index in [9.17, 15) is 5.11 Å². The molecule has 0 aliphatic heterocycles. The molecule has 13 heavy (non-hydrogen) atoms. The molecule has 1 aliphatic rings. The molecule has 1 fully saturated rings. The van der Waals surface area contributed by atoms with Crippen LogP contribution in [0.15, 0.2) is 5.11 Å². The zero-order valence-electron chi connectivity index (χ0n) is 8.27. The van der Waals surface area contributed by atoms with Gasteiger partial charge in [-0.1, -0.05) is 5.11 Å². The normalized spacial score (nSPS) is 29.5. The molecule has 4 nitrogen and oxygen atoms in total. The molecule has 0 aromatic heterocycles. The standard InChI is InChI=1S/C9H17N3O/c1-9(2,13)7-3-5-8(6-4-7)11-12-10/h7-8,13H,3-6H2,1-2H3. The van der Waals surface area contributed by atoms with Gasteiger partial charge in [-0.25, -0.2) is 0 Å². The summed E-state index contributed by atoms with van der Waals surface area (Å²) in [4.78, 5) is 2.81. The molecule has 0 saturated heterocycles. The first-order valence-corrected chi connectivity index (χ1v) is 4.80. The van der Waals surface area contributed by atoms with E-state index >= 15 is 0 Å². The van der Waals surface area contributed by atoms with Gasteiger partial charge in [0.05, 0.1) is 5.60 Å². The molecule has 0 amide bonds. The lowest BCUT2D eigenvalue weighted by Crippen LogP contribution is -2.34. The Labute approximate surface area is 78.6 Å². The van der Waals surface area contributed by atoms with Gasteiger partial charge in [-0.3, -0.25) is 0 Å². The maximum atomic E-state index is 9.76. The summed E-state index contributed by atoms with van der Waals surface area (Å²) < 4.78 is 0. The van der Waals surface area contributed by atoms with E-state index in [4.69, 9.17) is 5.53 Å². The highest BCUT2D eigenvalue weighted by atomic mass is 16.3. The SMILES string of the molecule is CC(C)(O)C1CCC(N=[N+]=[N-])CC1. The van der Waals surface area contributed by atoms with E-state index in [2.05, 4.69) is 10.0 Å². The van der Waals surface area contributed by atoms with Crippen molar-refractivity contribution < 1.29 is 5.11 Å². The fourth-order valence-corrected chi connectivity index (χ4v) is 1.97. The van der Waals surface area contributed by atoms with Crippen molar-refractivity contribution in [3.05, 3.63) is 10.4 Å². The second-order valence-corrected chi connectivity index (χ2v) is 4.36. The minimum absolute atomic E-state index is 0.156. The van der Waals surface area contributed by atoms with Crippen LogP contribution >= 0.6 is 0 Å². The van der Waals surface area contributed by atoms with E-state index in [1.165, 1.54) is 0 Å². The summed E-state index contributed by atoms with van der Waals surface area (Å²) >= 11 is 0. The summed E-state index contributed by atoms with van der Waals surface area (Å²) in [6.07, 6.45) is 3.76. The van der Waals surface area contributed by atoms with Crippen LogP contribution in [0.5, 0.6) is 0 Å². The molecule has 0 heterocycles. The number of nitrogens with zero attached hydrogens (tertiary/aromatic N) is 3. The van der Waals surface area contributed by atoms with Gasteiger partial charge >= 0.3 is 0 Å². The summed E-state index contributed by atoms with van der Waals surface area (Å²) in [5, 5.41) is 13.5. The van der Waals surface area contributed by atoms with Gasteiger partial charge in [0.15, 0.2) is 0 Å². The summed E-state index contributed by atoms with van der Waals surface area (Å²) in [5.41, 5.74) is 7.67. The van der Waals surface area contributed by atoms with Crippen LogP contribution in [0.25, 0.3) is 10.4 Å². The van der Waals surface area contributed by atoms with Gasteiger partial charge < -0.3 is 5.11 Å². The van der Waals surface area contributed by atoms with E-state index in [-0.39, 0.29) is 6.04 Å². The van der Waals surface area contributed by atoms with Crippen LogP contribution in [-0.4, -0.2) is 16.7 Å². The van der Waals surface area contributed by atoms with Gasteiger partial charge in [0.1, 0.15) is 0 Å². The zero-order valence-corrected chi connectivity index (χ0v) is 8.27. The predicted octanol–water partition coefficient (Wildman–Crippen LogP) is 2.63. The number of azide groups is 1. The Morgan fingerprint density at radius 3 is 2.23 bits per heavy atom. The lowest BCUT2D eigenvalue weighted by Gasteiger charge is -2.34. The Kier molecular flexibility index (Phi) is 3.17. The molecule has 0 aromatic rings. The van der Waals surface area contributed by atoms with Crippen LogP contribution in [0.3, 0.4) is 0 Å². The highest BCUT2D eigenvalue weighted by molar-refractivity contribution is 4.85. The van der Waals surface area contributed by atoms with Crippen molar-refractivity contribution in [2.45, 2.75) is 51.2 Å². The molecule has 74 valence electrons. The van der Waals surface area contributed by atoms with E-state index in [1.54, 1.807) is 0 Å². The molecule has 1 aliphatic carbocycles. The first-order chi connectivity index (χ1) is 6.04. The fraction of sp³-hybridized carbons (Fsp3) is 1.00. The van der Waals surface area contributed by atoms with Gasteiger partial charge in [-0.15, -0.1) is 0 Å². The topological polar surface area (TPSA) is 69.0 Å².